The monoisotopic (exact) mass is 431 g/mol. The highest BCUT2D eigenvalue weighted by Gasteiger charge is 2.24. The molecule has 164 valence electrons. The van der Waals surface area contributed by atoms with Gasteiger partial charge in [0.25, 0.3) is 18.2 Å². The first kappa shape index (κ1) is 24.0. The Morgan fingerprint density at radius 1 is 1.06 bits per heavy atom. The van der Waals surface area contributed by atoms with Crippen molar-refractivity contribution in [1.29, 1.82) is 0 Å². The molecular weight excluding hydrogens is 408 g/mol. The van der Waals surface area contributed by atoms with Crippen molar-refractivity contribution < 1.29 is 28.3 Å². The van der Waals surface area contributed by atoms with Crippen molar-refractivity contribution in [2.75, 3.05) is 6.61 Å². The average Bonchev–Trinajstić information content (AvgIpc) is 2.76. The van der Waals surface area contributed by atoms with Gasteiger partial charge in [-0.1, -0.05) is 24.0 Å². The first-order valence-electron chi connectivity index (χ1n) is 9.37. The molecule has 0 saturated heterocycles. The molecule has 0 radical (unpaired) electrons. The van der Waals surface area contributed by atoms with Crippen molar-refractivity contribution in [3.63, 3.8) is 0 Å². The van der Waals surface area contributed by atoms with Crippen LogP contribution in [0.1, 0.15) is 34.0 Å². The fourth-order valence-corrected chi connectivity index (χ4v) is 2.53. The average molecular weight is 431 g/mol. The Morgan fingerprint density at radius 3 is 2.10 bits per heavy atom. The van der Waals surface area contributed by atoms with Gasteiger partial charge in [-0.3, -0.25) is 14.8 Å². The summed E-state index contributed by atoms with van der Waals surface area (Å²) in [5.41, 5.74) is 9.60. The summed E-state index contributed by atoms with van der Waals surface area (Å²) in [7, 11) is 0. The van der Waals surface area contributed by atoms with Gasteiger partial charge in [0.1, 0.15) is 12.6 Å². The van der Waals surface area contributed by atoms with E-state index in [-0.39, 0.29) is 6.61 Å². The van der Waals surface area contributed by atoms with E-state index < -0.39 is 36.9 Å². The van der Waals surface area contributed by atoms with Crippen LogP contribution in [0.5, 0.6) is 0 Å². The van der Waals surface area contributed by atoms with E-state index in [1.54, 1.807) is 48.5 Å². The van der Waals surface area contributed by atoms with Crippen molar-refractivity contribution in [2.45, 2.75) is 32.0 Å². The number of ether oxygens (including phenoxy) is 1. The van der Waals surface area contributed by atoms with Gasteiger partial charge < -0.3 is 15.8 Å². The van der Waals surface area contributed by atoms with Gasteiger partial charge in [-0.2, -0.15) is 0 Å². The Morgan fingerprint density at radius 2 is 1.61 bits per heavy atom. The number of carbonyl (C=O) groups excluding carboxylic acids is 2. The number of nitrogens with two attached hydrogens (primary N) is 1. The maximum Gasteiger partial charge on any atom is 0.267 e. The zero-order valence-electron chi connectivity index (χ0n) is 16.8. The van der Waals surface area contributed by atoms with E-state index in [4.69, 9.17) is 15.7 Å². The Labute approximate surface area is 178 Å². The van der Waals surface area contributed by atoms with Crippen molar-refractivity contribution in [2.24, 2.45) is 5.73 Å². The zero-order valence-corrected chi connectivity index (χ0v) is 16.8. The third kappa shape index (κ3) is 7.79. The number of rotatable bonds is 8. The number of amides is 2. The van der Waals surface area contributed by atoms with Crippen LogP contribution >= 0.6 is 0 Å². The van der Waals surface area contributed by atoms with Crippen molar-refractivity contribution in [1.82, 2.24) is 10.8 Å². The van der Waals surface area contributed by atoms with Gasteiger partial charge in [-0.15, -0.1) is 0 Å². The normalized spacial score (nSPS) is 12.5. The third-order valence-corrected chi connectivity index (χ3v) is 4.17. The predicted molar refractivity (Wildman–Crippen MR) is 109 cm³/mol. The quantitative estimate of drug-likeness (QED) is 0.289. The van der Waals surface area contributed by atoms with Crippen LogP contribution < -0.4 is 16.5 Å². The second-order valence-electron chi connectivity index (χ2n) is 6.72. The van der Waals surface area contributed by atoms with E-state index in [0.717, 1.165) is 11.1 Å². The SMILES string of the molecule is C[C@@H](N)[C@H](NC(=O)c1ccc(C#Cc2ccc(COCC(F)F)cc2)cc1)C(=O)NO. The molecule has 2 aromatic carbocycles. The number of hydrogen-bond donors (Lipinski definition) is 4. The number of nitrogens with one attached hydrogen (secondary N) is 2. The smallest absolute Gasteiger partial charge is 0.267 e. The predicted octanol–water partition coefficient (Wildman–Crippen LogP) is 1.82. The van der Waals surface area contributed by atoms with Gasteiger partial charge in [-0.25, -0.2) is 14.3 Å². The van der Waals surface area contributed by atoms with Crippen LogP contribution in [0.4, 0.5) is 8.78 Å². The first-order chi connectivity index (χ1) is 14.8. The number of hydrogen-bond acceptors (Lipinski definition) is 5. The van der Waals surface area contributed by atoms with E-state index in [1.165, 1.54) is 12.4 Å². The Bertz CT molecular complexity index is 936. The largest absolute Gasteiger partial charge is 0.371 e. The summed E-state index contributed by atoms with van der Waals surface area (Å²) in [6.45, 7) is 1.03. The Hall–Kier alpha value is -3.32. The number of benzene rings is 2. The number of carbonyl (C=O) groups is 2. The van der Waals surface area contributed by atoms with Crippen LogP contribution in [0.25, 0.3) is 0 Å². The highest BCUT2D eigenvalue weighted by molar-refractivity contribution is 5.97. The molecule has 2 atom stereocenters. The van der Waals surface area contributed by atoms with Crippen molar-refractivity contribution in [3.8, 4) is 11.8 Å². The summed E-state index contributed by atoms with van der Waals surface area (Å²) in [6.07, 6.45) is -2.49. The molecule has 0 aliphatic heterocycles. The van der Waals surface area contributed by atoms with Crippen LogP contribution in [0.15, 0.2) is 48.5 Å². The van der Waals surface area contributed by atoms with Crippen LogP contribution in [0.2, 0.25) is 0 Å². The highest BCUT2D eigenvalue weighted by Crippen LogP contribution is 2.08. The standard InChI is InChI=1S/C22H23F2N3O4/c1-14(25)20(22(29)27-30)26-21(28)18-10-8-16(9-11-18)3-2-15-4-6-17(7-5-15)12-31-13-19(23)24/h4-11,14,19-20,30H,12-13,25H2,1H3,(H,26,28)(H,27,29)/t14-,20+/m1/s1. The molecule has 9 heteroatoms. The molecule has 2 amide bonds. The van der Waals surface area contributed by atoms with Gasteiger partial charge in [-0.05, 0) is 48.9 Å². The second-order valence-corrected chi connectivity index (χ2v) is 6.72. The van der Waals surface area contributed by atoms with Gasteiger partial charge in [0, 0.05) is 22.7 Å². The number of alkyl halides is 2. The van der Waals surface area contributed by atoms with Crippen LogP contribution in [0, 0.1) is 11.8 Å². The van der Waals surface area contributed by atoms with Gasteiger partial charge >= 0.3 is 0 Å². The first-order valence-corrected chi connectivity index (χ1v) is 9.37. The molecule has 0 fully saturated rings. The van der Waals surface area contributed by atoms with Gasteiger partial charge in [0.2, 0.25) is 0 Å². The second kappa shape index (κ2) is 11.8. The minimum Gasteiger partial charge on any atom is -0.371 e. The molecule has 31 heavy (non-hydrogen) atoms. The molecule has 0 unspecified atom stereocenters. The lowest BCUT2D eigenvalue weighted by molar-refractivity contribution is -0.131. The lowest BCUT2D eigenvalue weighted by Crippen LogP contribution is -2.54. The molecule has 5 N–H and O–H groups in total. The lowest BCUT2D eigenvalue weighted by Gasteiger charge is -2.20. The van der Waals surface area contributed by atoms with E-state index in [1.807, 2.05) is 0 Å². The zero-order chi connectivity index (χ0) is 22.8. The highest BCUT2D eigenvalue weighted by atomic mass is 19.3. The number of hydroxylamine groups is 1. The fourth-order valence-electron chi connectivity index (χ4n) is 2.53. The lowest BCUT2D eigenvalue weighted by atomic mass is 10.1. The Balaban J connectivity index is 1.97. The maximum absolute atomic E-state index is 12.3. The molecule has 0 heterocycles. The van der Waals surface area contributed by atoms with E-state index in [0.29, 0.717) is 11.1 Å². The molecule has 0 aliphatic carbocycles. The molecule has 0 bridgehead atoms. The van der Waals surface area contributed by atoms with E-state index >= 15 is 0 Å². The summed E-state index contributed by atoms with van der Waals surface area (Å²) in [5, 5.41) is 11.2. The van der Waals surface area contributed by atoms with Crippen molar-refractivity contribution >= 4 is 11.8 Å². The minimum atomic E-state index is -2.49. The maximum atomic E-state index is 12.3. The summed E-state index contributed by atoms with van der Waals surface area (Å²) >= 11 is 0. The number of halogens is 2. The Kier molecular flexibility index (Phi) is 9.09. The fraction of sp³-hybridized carbons (Fsp3) is 0.273. The molecule has 0 saturated carbocycles. The van der Waals surface area contributed by atoms with E-state index in [2.05, 4.69) is 17.2 Å². The van der Waals surface area contributed by atoms with Crippen molar-refractivity contribution in [3.05, 3.63) is 70.8 Å². The third-order valence-electron chi connectivity index (χ3n) is 4.17. The summed E-state index contributed by atoms with van der Waals surface area (Å²) < 4.78 is 29.0. The topological polar surface area (TPSA) is 114 Å². The molecule has 0 aliphatic rings. The molecule has 7 nitrogen and oxygen atoms in total. The molecule has 0 spiro atoms. The summed E-state index contributed by atoms with van der Waals surface area (Å²) in [4.78, 5) is 23.9. The molecule has 0 aromatic heterocycles. The minimum absolute atomic E-state index is 0.103. The van der Waals surface area contributed by atoms with E-state index in [9.17, 15) is 18.4 Å². The van der Waals surface area contributed by atoms with Gasteiger partial charge in [0.05, 0.1) is 6.61 Å². The molecular formula is C22H23F2N3O4. The van der Waals surface area contributed by atoms with Crippen LogP contribution in [-0.4, -0.2) is 42.1 Å². The van der Waals surface area contributed by atoms with Crippen LogP contribution in [-0.2, 0) is 16.1 Å². The summed E-state index contributed by atoms with van der Waals surface area (Å²) in [6, 6.07) is 11.6. The molecule has 2 rings (SSSR count). The van der Waals surface area contributed by atoms with Crippen LogP contribution in [0.3, 0.4) is 0 Å². The van der Waals surface area contributed by atoms with Gasteiger partial charge in [0.15, 0.2) is 0 Å². The summed E-state index contributed by atoms with van der Waals surface area (Å²) in [5.74, 6) is 4.61. The molecule has 2 aromatic rings.